The van der Waals surface area contributed by atoms with Gasteiger partial charge in [0, 0.05) is 24.8 Å². The number of amides is 1. The Morgan fingerprint density at radius 3 is 2.91 bits per heavy atom. The van der Waals surface area contributed by atoms with E-state index in [2.05, 4.69) is 21.4 Å². The molecule has 1 aliphatic heterocycles. The van der Waals surface area contributed by atoms with Gasteiger partial charge in [-0.05, 0) is 45.1 Å². The van der Waals surface area contributed by atoms with Crippen LogP contribution in [0.3, 0.4) is 0 Å². The van der Waals surface area contributed by atoms with Crippen LogP contribution in [0.1, 0.15) is 44.2 Å². The molecular formula is C16H23N5O. The fourth-order valence-electron chi connectivity index (χ4n) is 3.40. The second kappa shape index (κ2) is 5.73. The normalized spacial score (nSPS) is 24.7. The molecule has 1 aliphatic carbocycles. The minimum Gasteiger partial charge on any atom is -0.337 e. The van der Waals surface area contributed by atoms with E-state index >= 15 is 0 Å². The van der Waals surface area contributed by atoms with Crippen molar-refractivity contribution in [3.63, 3.8) is 0 Å². The summed E-state index contributed by atoms with van der Waals surface area (Å²) in [6.45, 7) is 3.11. The highest BCUT2D eigenvalue weighted by molar-refractivity contribution is 5.79. The van der Waals surface area contributed by atoms with E-state index in [4.69, 9.17) is 0 Å². The fraction of sp³-hybridized carbons (Fsp3) is 0.688. The molecule has 6 heteroatoms. The second-order valence-electron chi connectivity index (χ2n) is 6.71. The van der Waals surface area contributed by atoms with Crippen LogP contribution >= 0.6 is 0 Å². The van der Waals surface area contributed by atoms with Crippen LogP contribution in [0.2, 0.25) is 0 Å². The summed E-state index contributed by atoms with van der Waals surface area (Å²) < 4.78 is 1.80. The van der Waals surface area contributed by atoms with Crippen LogP contribution in [0, 0.1) is 17.2 Å². The Morgan fingerprint density at radius 2 is 2.32 bits per heavy atom. The van der Waals surface area contributed by atoms with Gasteiger partial charge in [0.1, 0.15) is 5.54 Å². The number of likely N-dealkylation sites (tertiary alicyclic amines) is 1. The van der Waals surface area contributed by atoms with E-state index in [1.54, 1.807) is 4.68 Å². The van der Waals surface area contributed by atoms with E-state index < -0.39 is 5.54 Å². The number of aromatic nitrogens is 2. The van der Waals surface area contributed by atoms with Crippen LogP contribution in [0.15, 0.2) is 12.4 Å². The fourth-order valence-corrected chi connectivity index (χ4v) is 3.40. The Hall–Kier alpha value is -1.87. The molecule has 1 N–H and O–H groups in total. The van der Waals surface area contributed by atoms with E-state index in [-0.39, 0.29) is 11.9 Å². The summed E-state index contributed by atoms with van der Waals surface area (Å²) in [5, 5.41) is 16.5. The molecule has 0 spiro atoms. The number of rotatable bonds is 5. The lowest BCUT2D eigenvalue weighted by Crippen LogP contribution is -2.50. The molecule has 1 saturated carbocycles. The highest BCUT2D eigenvalue weighted by Gasteiger charge is 2.43. The van der Waals surface area contributed by atoms with Crippen molar-refractivity contribution in [1.29, 1.82) is 5.26 Å². The third kappa shape index (κ3) is 3.00. The maximum atomic E-state index is 12.4. The first-order valence-corrected chi connectivity index (χ1v) is 7.96. The molecule has 0 radical (unpaired) electrons. The number of aryl methyl sites for hydroxylation is 1. The van der Waals surface area contributed by atoms with Gasteiger partial charge < -0.3 is 5.32 Å². The summed E-state index contributed by atoms with van der Waals surface area (Å²) >= 11 is 0. The Labute approximate surface area is 131 Å². The van der Waals surface area contributed by atoms with Crippen molar-refractivity contribution in [1.82, 2.24) is 20.0 Å². The van der Waals surface area contributed by atoms with E-state index in [1.807, 2.05) is 26.4 Å². The molecule has 1 aromatic rings. The van der Waals surface area contributed by atoms with Crippen LogP contribution in [-0.4, -0.2) is 39.2 Å². The Balaban J connectivity index is 1.62. The molecule has 1 aromatic heterocycles. The average Bonchev–Trinajstić information content (AvgIpc) is 3.12. The van der Waals surface area contributed by atoms with E-state index in [0.29, 0.717) is 12.5 Å². The van der Waals surface area contributed by atoms with Crippen LogP contribution in [0.25, 0.3) is 0 Å². The van der Waals surface area contributed by atoms with Gasteiger partial charge in [0.25, 0.3) is 0 Å². The average molecular weight is 301 g/mol. The minimum atomic E-state index is -0.708. The largest absolute Gasteiger partial charge is 0.337 e. The van der Waals surface area contributed by atoms with Crippen molar-refractivity contribution in [2.45, 2.75) is 44.2 Å². The molecule has 118 valence electrons. The maximum Gasteiger partial charge on any atom is 0.235 e. The molecule has 2 fully saturated rings. The summed E-state index contributed by atoms with van der Waals surface area (Å²) in [4.78, 5) is 14.6. The third-order valence-electron chi connectivity index (χ3n) is 4.85. The molecule has 0 aromatic carbocycles. The first kappa shape index (κ1) is 15.0. The number of nitrogens with one attached hydrogen (secondary N) is 1. The molecule has 2 aliphatic rings. The lowest BCUT2D eigenvalue weighted by molar-refractivity contribution is -0.123. The topological polar surface area (TPSA) is 74.0 Å². The van der Waals surface area contributed by atoms with Gasteiger partial charge in [0.05, 0.1) is 18.8 Å². The van der Waals surface area contributed by atoms with Crippen LogP contribution in [-0.2, 0) is 11.8 Å². The first-order chi connectivity index (χ1) is 10.5. The highest BCUT2D eigenvalue weighted by Crippen LogP contribution is 2.39. The number of carbonyl (C=O) groups is 1. The Kier molecular flexibility index (Phi) is 3.92. The van der Waals surface area contributed by atoms with Gasteiger partial charge in [-0.2, -0.15) is 10.4 Å². The first-order valence-electron chi connectivity index (χ1n) is 7.96. The molecule has 1 amide bonds. The van der Waals surface area contributed by atoms with Crippen molar-refractivity contribution in [2.75, 3.05) is 13.1 Å². The quantitative estimate of drug-likeness (QED) is 0.891. The zero-order chi connectivity index (χ0) is 15.7. The second-order valence-corrected chi connectivity index (χ2v) is 6.71. The zero-order valence-corrected chi connectivity index (χ0v) is 13.2. The third-order valence-corrected chi connectivity index (χ3v) is 4.85. The van der Waals surface area contributed by atoms with Crippen molar-refractivity contribution in [2.24, 2.45) is 13.0 Å². The molecule has 0 bridgehead atoms. The van der Waals surface area contributed by atoms with Gasteiger partial charge in [0.15, 0.2) is 0 Å². The molecular weight excluding hydrogens is 278 g/mol. The Morgan fingerprint density at radius 1 is 1.55 bits per heavy atom. The summed E-state index contributed by atoms with van der Waals surface area (Å²) in [5.41, 5.74) is 0.457. The standard InChI is InChI=1S/C16H23N5O/c1-16(11-17,13-5-6-13)19-15(22)10-21-7-3-4-14(21)12-8-18-20(2)9-12/h8-9,13-14H,3-7,10H2,1-2H3,(H,19,22). The van der Waals surface area contributed by atoms with Crippen molar-refractivity contribution >= 4 is 5.91 Å². The number of hydrogen-bond acceptors (Lipinski definition) is 4. The van der Waals surface area contributed by atoms with Gasteiger partial charge in [-0.1, -0.05) is 0 Å². The SMILES string of the molecule is Cn1cc(C2CCCN2CC(=O)NC(C)(C#N)C2CC2)cn1. The molecule has 6 nitrogen and oxygen atoms in total. The molecule has 3 rings (SSSR count). The number of nitrogens with zero attached hydrogens (tertiary/aromatic N) is 4. The maximum absolute atomic E-state index is 12.4. The van der Waals surface area contributed by atoms with Crippen molar-refractivity contribution < 1.29 is 4.79 Å². The van der Waals surface area contributed by atoms with Crippen LogP contribution in [0.5, 0.6) is 0 Å². The number of nitriles is 1. The van der Waals surface area contributed by atoms with Gasteiger partial charge in [-0.25, -0.2) is 0 Å². The molecule has 1 saturated heterocycles. The van der Waals surface area contributed by atoms with Gasteiger partial charge in [-0.3, -0.25) is 14.4 Å². The van der Waals surface area contributed by atoms with E-state index in [1.165, 1.54) is 0 Å². The molecule has 2 unspecified atom stereocenters. The van der Waals surface area contributed by atoms with Gasteiger partial charge in [-0.15, -0.1) is 0 Å². The van der Waals surface area contributed by atoms with Crippen molar-refractivity contribution in [3.05, 3.63) is 18.0 Å². The molecule has 2 heterocycles. The predicted octanol–water partition coefficient (Wildman–Crippen LogP) is 1.37. The number of hydrogen-bond donors (Lipinski definition) is 1. The predicted molar refractivity (Wildman–Crippen MR) is 81.6 cm³/mol. The van der Waals surface area contributed by atoms with Gasteiger partial charge >= 0.3 is 0 Å². The van der Waals surface area contributed by atoms with Gasteiger partial charge in [0.2, 0.25) is 5.91 Å². The van der Waals surface area contributed by atoms with Crippen molar-refractivity contribution in [3.8, 4) is 6.07 Å². The Bertz CT molecular complexity index is 600. The highest BCUT2D eigenvalue weighted by atomic mass is 16.2. The lowest BCUT2D eigenvalue weighted by atomic mass is 9.98. The summed E-state index contributed by atoms with van der Waals surface area (Å²) in [5.74, 6) is 0.265. The number of carbonyl (C=O) groups excluding carboxylic acids is 1. The summed E-state index contributed by atoms with van der Waals surface area (Å²) in [6.07, 6.45) is 8.11. The lowest BCUT2D eigenvalue weighted by Gasteiger charge is -2.27. The molecule has 22 heavy (non-hydrogen) atoms. The zero-order valence-electron chi connectivity index (χ0n) is 13.2. The van der Waals surface area contributed by atoms with Crippen LogP contribution in [0.4, 0.5) is 0 Å². The van der Waals surface area contributed by atoms with E-state index in [9.17, 15) is 10.1 Å². The van der Waals surface area contributed by atoms with Crippen LogP contribution < -0.4 is 5.32 Å². The smallest absolute Gasteiger partial charge is 0.235 e. The van der Waals surface area contributed by atoms with E-state index in [0.717, 1.165) is 37.8 Å². The summed E-state index contributed by atoms with van der Waals surface area (Å²) in [6, 6.07) is 2.54. The molecule has 2 atom stereocenters. The summed E-state index contributed by atoms with van der Waals surface area (Å²) in [7, 11) is 1.91. The minimum absolute atomic E-state index is 0.0493. The monoisotopic (exact) mass is 301 g/mol.